The molecule has 0 radical (unpaired) electrons. The van der Waals surface area contributed by atoms with Crippen LogP contribution in [-0.2, 0) is 0 Å². The van der Waals surface area contributed by atoms with Crippen molar-refractivity contribution in [3.63, 3.8) is 0 Å². The Morgan fingerprint density at radius 3 is 1.67 bits per heavy atom. The summed E-state index contributed by atoms with van der Waals surface area (Å²) in [6, 6.07) is 0. The van der Waals surface area contributed by atoms with Crippen LogP contribution in [0.5, 0.6) is 0 Å². The van der Waals surface area contributed by atoms with Crippen molar-refractivity contribution < 1.29 is 5.11 Å². The highest BCUT2D eigenvalue weighted by atomic mass is 16.3. The molecule has 0 saturated carbocycles. The topological polar surface area (TPSA) is 20.2 Å². The lowest BCUT2D eigenvalue weighted by Gasteiger charge is -2.19. The first kappa shape index (κ1) is 12.0. The Labute approximate surface area is 77.2 Å². The van der Waals surface area contributed by atoms with Crippen LogP contribution >= 0.6 is 0 Å². The van der Waals surface area contributed by atoms with Crippen LogP contribution in [0, 0.1) is 17.8 Å². The molecule has 0 amide bonds. The van der Waals surface area contributed by atoms with E-state index in [4.69, 9.17) is 0 Å². The molecule has 0 aliphatic rings. The van der Waals surface area contributed by atoms with Crippen molar-refractivity contribution in [2.45, 2.75) is 53.6 Å². The summed E-state index contributed by atoms with van der Waals surface area (Å²) in [7, 11) is 0. The van der Waals surface area contributed by atoms with E-state index in [9.17, 15) is 5.11 Å². The quantitative estimate of drug-likeness (QED) is 0.675. The zero-order chi connectivity index (χ0) is 9.72. The van der Waals surface area contributed by atoms with E-state index >= 15 is 0 Å². The van der Waals surface area contributed by atoms with Crippen molar-refractivity contribution in [1.82, 2.24) is 0 Å². The van der Waals surface area contributed by atoms with Gasteiger partial charge in [0.2, 0.25) is 0 Å². The van der Waals surface area contributed by atoms with Crippen molar-refractivity contribution in [2.24, 2.45) is 17.8 Å². The average molecular weight is 172 g/mol. The third-order valence-electron chi connectivity index (χ3n) is 2.83. The smallest absolute Gasteiger partial charge is 0.0563 e. The number of aliphatic hydroxyl groups is 1. The van der Waals surface area contributed by atoms with Crippen LogP contribution in [0.3, 0.4) is 0 Å². The van der Waals surface area contributed by atoms with Gasteiger partial charge in [0.25, 0.3) is 0 Å². The minimum absolute atomic E-state index is 0.105. The Bertz CT molecular complexity index is 93.6. The van der Waals surface area contributed by atoms with E-state index in [0.717, 1.165) is 24.7 Å². The lowest BCUT2D eigenvalue weighted by molar-refractivity contribution is 0.106. The summed E-state index contributed by atoms with van der Waals surface area (Å²) in [5.74, 6) is 1.88. The molecule has 0 unspecified atom stereocenters. The first-order valence-electron chi connectivity index (χ1n) is 5.13. The molecule has 0 aromatic heterocycles. The molecule has 12 heavy (non-hydrogen) atoms. The van der Waals surface area contributed by atoms with Gasteiger partial charge in [-0.1, -0.05) is 34.6 Å². The number of hydrogen-bond acceptors (Lipinski definition) is 1. The van der Waals surface area contributed by atoms with Crippen LogP contribution in [0.15, 0.2) is 0 Å². The Kier molecular flexibility index (Phi) is 5.56. The summed E-state index contributed by atoms with van der Waals surface area (Å²) in [5.41, 5.74) is 0. The maximum atomic E-state index is 9.56. The van der Waals surface area contributed by atoms with E-state index < -0.39 is 0 Å². The van der Waals surface area contributed by atoms with Crippen LogP contribution in [-0.4, -0.2) is 11.2 Å². The Hall–Kier alpha value is -0.0400. The summed E-state index contributed by atoms with van der Waals surface area (Å²) in [6.07, 6.45) is 2.00. The fourth-order valence-electron chi connectivity index (χ4n) is 1.10. The van der Waals surface area contributed by atoms with Gasteiger partial charge < -0.3 is 5.11 Å². The molecule has 74 valence electrons. The van der Waals surface area contributed by atoms with Crippen molar-refractivity contribution >= 4 is 0 Å². The minimum atomic E-state index is -0.105. The molecule has 0 fully saturated rings. The average Bonchev–Trinajstić information content (AvgIpc) is 1.98. The van der Waals surface area contributed by atoms with Crippen LogP contribution in [0.2, 0.25) is 0 Å². The monoisotopic (exact) mass is 172 g/mol. The molecule has 1 N–H and O–H groups in total. The lowest BCUT2D eigenvalue weighted by Crippen LogP contribution is -2.16. The van der Waals surface area contributed by atoms with Crippen LogP contribution < -0.4 is 0 Å². The molecule has 0 saturated heterocycles. The molecule has 0 heterocycles. The SMILES string of the molecule is CC(C)[C@H](C)CC[C@@H](O)C(C)C. The van der Waals surface area contributed by atoms with Gasteiger partial charge in [-0.3, -0.25) is 0 Å². The minimum Gasteiger partial charge on any atom is -0.393 e. The Morgan fingerprint density at radius 2 is 1.33 bits per heavy atom. The lowest BCUT2D eigenvalue weighted by atomic mass is 9.90. The summed E-state index contributed by atoms with van der Waals surface area (Å²) in [4.78, 5) is 0. The predicted molar refractivity (Wildman–Crippen MR) is 54.1 cm³/mol. The van der Waals surface area contributed by atoms with Gasteiger partial charge in [0.05, 0.1) is 6.10 Å². The normalized spacial score (nSPS) is 17.0. The van der Waals surface area contributed by atoms with E-state index in [0.29, 0.717) is 5.92 Å². The standard InChI is InChI=1S/C11H24O/c1-8(2)10(5)6-7-11(12)9(3)4/h8-12H,6-7H2,1-5H3/t10-,11-/m1/s1. The highest BCUT2D eigenvalue weighted by Gasteiger charge is 2.12. The van der Waals surface area contributed by atoms with Gasteiger partial charge in [-0.15, -0.1) is 0 Å². The largest absolute Gasteiger partial charge is 0.393 e. The maximum absolute atomic E-state index is 9.56. The number of hydrogen-bond donors (Lipinski definition) is 1. The van der Waals surface area contributed by atoms with Crippen molar-refractivity contribution in [3.8, 4) is 0 Å². The van der Waals surface area contributed by atoms with Crippen LogP contribution in [0.4, 0.5) is 0 Å². The van der Waals surface area contributed by atoms with Gasteiger partial charge in [0.1, 0.15) is 0 Å². The molecule has 0 spiro atoms. The van der Waals surface area contributed by atoms with E-state index in [1.165, 1.54) is 0 Å². The number of aliphatic hydroxyl groups excluding tert-OH is 1. The summed E-state index contributed by atoms with van der Waals surface area (Å²) >= 11 is 0. The molecular formula is C11H24O. The Morgan fingerprint density at radius 1 is 0.833 bits per heavy atom. The van der Waals surface area contributed by atoms with Gasteiger partial charge in [-0.2, -0.15) is 0 Å². The van der Waals surface area contributed by atoms with Crippen molar-refractivity contribution in [1.29, 1.82) is 0 Å². The van der Waals surface area contributed by atoms with E-state index in [1.807, 2.05) is 0 Å². The fraction of sp³-hybridized carbons (Fsp3) is 1.00. The summed E-state index contributed by atoms with van der Waals surface area (Å²) in [6.45, 7) is 10.9. The van der Waals surface area contributed by atoms with Crippen LogP contribution in [0.1, 0.15) is 47.5 Å². The fourth-order valence-corrected chi connectivity index (χ4v) is 1.10. The van der Waals surface area contributed by atoms with E-state index in [2.05, 4.69) is 34.6 Å². The second-order valence-corrected chi connectivity index (χ2v) is 4.61. The van der Waals surface area contributed by atoms with Crippen molar-refractivity contribution in [2.75, 3.05) is 0 Å². The molecule has 0 aliphatic heterocycles. The first-order chi connectivity index (χ1) is 5.45. The Balaban J connectivity index is 3.54. The van der Waals surface area contributed by atoms with Gasteiger partial charge in [-0.25, -0.2) is 0 Å². The molecule has 0 rings (SSSR count). The van der Waals surface area contributed by atoms with Crippen molar-refractivity contribution in [3.05, 3.63) is 0 Å². The summed E-state index contributed by atoms with van der Waals surface area (Å²) in [5, 5.41) is 9.56. The molecule has 1 nitrogen and oxygen atoms in total. The van der Waals surface area contributed by atoms with Crippen LogP contribution in [0.25, 0.3) is 0 Å². The second-order valence-electron chi connectivity index (χ2n) is 4.61. The molecule has 0 aromatic carbocycles. The van der Waals surface area contributed by atoms with E-state index in [1.54, 1.807) is 0 Å². The zero-order valence-electron chi connectivity index (χ0n) is 9.17. The molecule has 1 heteroatoms. The zero-order valence-corrected chi connectivity index (χ0v) is 9.17. The van der Waals surface area contributed by atoms with Gasteiger partial charge in [0, 0.05) is 0 Å². The highest BCUT2D eigenvalue weighted by molar-refractivity contribution is 4.64. The number of rotatable bonds is 5. The van der Waals surface area contributed by atoms with E-state index in [-0.39, 0.29) is 6.10 Å². The van der Waals surface area contributed by atoms with Gasteiger partial charge in [0.15, 0.2) is 0 Å². The molecule has 2 atom stereocenters. The molecule has 0 aliphatic carbocycles. The van der Waals surface area contributed by atoms with Gasteiger partial charge >= 0.3 is 0 Å². The van der Waals surface area contributed by atoms with Gasteiger partial charge in [-0.05, 0) is 30.6 Å². The first-order valence-corrected chi connectivity index (χ1v) is 5.13. The predicted octanol–water partition coefficient (Wildman–Crippen LogP) is 3.08. The molecule has 0 aromatic rings. The second kappa shape index (κ2) is 5.58. The maximum Gasteiger partial charge on any atom is 0.0563 e. The molecular weight excluding hydrogens is 148 g/mol. The molecule has 0 bridgehead atoms. The summed E-state index contributed by atoms with van der Waals surface area (Å²) < 4.78 is 0. The third-order valence-corrected chi connectivity index (χ3v) is 2.83. The highest BCUT2D eigenvalue weighted by Crippen LogP contribution is 2.19. The third kappa shape index (κ3) is 4.76.